The van der Waals surface area contributed by atoms with E-state index in [0.717, 1.165) is 16.8 Å². The van der Waals surface area contributed by atoms with Gasteiger partial charge in [0, 0.05) is 12.3 Å². The van der Waals surface area contributed by atoms with Gasteiger partial charge < -0.3 is 59.7 Å². The molecule has 39 heavy (non-hydrogen) atoms. The number of aliphatic hydroxyl groups is 6. The summed E-state index contributed by atoms with van der Waals surface area (Å²) < 4.78 is 35.2. The summed E-state index contributed by atoms with van der Waals surface area (Å²) in [5, 5.41) is 55.3. The van der Waals surface area contributed by atoms with Crippen molar-refractivity contribution in [1.29, 1.82) is 0 Å². The number of rotatable bonds is 11. The van der Waals surface area contributed by atoms with Gasteiger partial charge in [-0.2, -0.15) is 0 Å². The molecule has 0 aliphatic carbocycles. The Morgan fingerprint density at radius 2 is 1.56 bits per heavy atom. The molecule has 1 aliphatic heterocycles. The minimum absolute atomic E-state index is 0. The number of nitrogens with one attached hydrogen (secondary N) is 1. The number of hydrogen-bond acceptors (Lipinski definition) is 14. The molecule has 1 fully saturated rings. The van der Waals surface area contributed by atoms with Crippen LogP contribution in [0, 0.1) is 0 Å². The van der Waals surface area contributed by atoms with Crippen LogP contribution in [0.5, 0.6) is 0 Å². The number of aromatic amines is 1. The van der Waals surface area contributed by atoms with Crippen molar-refractivity contribution in [2.45, 2.75) is 49.0 Å². The van der Waals surface area contributed by atoms with Gasteiger partial charge in [0.15, 0.2) is 18.6 Å². The van der Waals surface area contributed by atoms with Crippen LogP contribution in [0.3, 0.4) is 0 Å². The predicted octanol–water partition coefficient (Wildman–Crippen LogP) is -7.29. The van der Waals surface area contributed by atoms with Crippen LogP contribution in [0.2, 0.25) is 0 Å². The Kier molecular flexibility index (Phi) is 19.2. The van der Waals surface area contributed by atoms with Gasteiger partial charge in [0.1, 0.15) is 36.6 Å². The van der Waals surface area contributed by atoms with E-state index in [1.54, 1.807) is 0 Å². The molecule has 1 aliphatic rings. The van der Waals surface area contributed by atoms with E-state index in [1.165, 1.54) is 0 Å². The number of nitrogens with zero attached hydrogens (tertiary/aromatic N) is 1. The second-order valence-electron chi connectivity index (χ2n) is 7.24. The van der Waals surface area contributed by atoms with E-state index in [9.17, 15) is 38.8 Å². The van der Waals surface area contributed by atoms with E-state index in [0.29, 0.717) is 0 Å². The summed E-state index contributed by atoms with van der Waals surface area (Å²) in [6, 6.07) is 1.09. The molecular formula is C15H28N2Na2O18P2. The van der Waals surface area contributed by atoms with Crippen molar-refractivity contribution >= 4 is 81.0 Å². The first-order valence-electron chi connectivity index (χ1n) is 9.79. The molecular weight excluding hydrogens is 604 g/mol. The molecule has 0 saturated carbocycles. The Morgan fingerprint density at radius 3 is 1.95 bits per heavy atom. The standard InChI is InChI=1S/C9H12N2O6.C6H14O12P2.2Na.2H/c12-3-4-6(14)7(15)8(17-4)11-2-1-5(13)10-9(11)16;7-1-3(9)5(10)6(18-20(14,15)16)4(2-8)17-19(11,12)13;;;;/h1-2,4,6-8,12,14-15H,3H2,(H,10,13,16);2-7,9-10H,1H2,(H2,11,12,13)(H2,14,15,16);;;;/t4-,6-,7-,8-;3-,4+,5-,6-;;;;/m11..../s1. The van der Waals surface area contributed by atoms with E-state index >= 15 is 0 Å². The van der Waals surface area contributed by atoms with Crippen LogP contribution in [-0.2, 0) is 27.7 Å². The normalized spacial score (nSPS) is 24.2. The summed E-state index contributed by atoms with van der Waals surface area (Å²) in [6.45, 7) is -1.56. The molecule has 2 heterocycles. The van der Waals surface area contributed by atoms with Gasteiger partial charge in [-0.1, -0.05) is 0 Å². The number of ether oxygens (including phenoxy) is 1. The third kappa shape index (κ3) is 13.4. The van der Waals surface area contributed by atoms with Crippen molar-refractivity contribution in [3.63, 3.8) is 0 Å². The molecule has 1 aromatic heterocycles. The first-order chi connectivity index (χ1) is 16.9. The van der Waals surface area contributed by atoms with Gasteiger partial charge >= 0.3 is 80.4 Å². The van der Waals surface area contributed by atoms with Crippen LogP contribution in [0.15, 0.2) is 21.9 Å². The molecule has 0 amide bonds. The molecule has 0 bridgehead atoms. The van der Waals surface area contributed by atoms with E-state index in [4.69, 9.17) is 39.6 Å². The number of aromatic nitrogens is 2. The number of H-pyrrole nitrogens is 1. The fraction of sp³-hybridized carbons (Fsp3) is 0.667. The maximum atomic E-state index is 11.4. The molecule has 20 nitrogen and oxygen atoms in total. The third-order valence-corrected chi connectivity index (χ3v) is 5.57. The molecule has 0 spiro atoms. The summed E-state index contributed by atoms with van der Waals surface area (Å²) in [7, 11) is -10.6. The van der Waals surface area contributed by atoms with E-state index in [-0.39, 0.29) is 65.4 Å². The van der Waals surface area contributed by atoms with Crippen LogP contribution < -0.4 is 11.2 Å². The molecule has 8 atom stereocenters. The fourth-order valence-corrected chi connectivity index (χ4v) is 3.91. The van der Waals surface area contributed by atoms with Crippen molar-refractivity contribution in [2.75, 3.05) is 13.2 Å². The molecule has 1 saturated heterocycles. The van der Waals surface area contributed by atoms with Crippen LogP contribution in [0.4, 0.5) is 0 Å². The van der Waals surface area contributed by atoms with Crippen molar-refractivity contribution in [3.8, 4) is 0 Å². The number of carbonyl (C=O) groups is 1. The zero-order valence-electron chi connectivity index (χ0n) is 18.3. The SMILES string of the molecule is O=C[C@H](OP(=O)(O)O)[C@@H](OP(=O)(O)O)[C@H](O)[C@H](O)CO.O=c1ccn([C@@H]2O[C@H](CO)[C@@H](O)[C@H]2O)c(=O)[nH]1.[NaH].[NaH]. The molecule has 2 rings (SSSR count). The average molecular weight is 632 g/mol. The zero-order valence-corrected chi connectivity index (χ0v) is 20.1. The van der Waals surface area contributed by atoms with Crippen molar-refractivity contribution in [2.24, 2.45) is 0 Å². The first kappa shape index (κ1) is 41.4. The molecule has 24 heteroatoms. The van der Waals surface area contributed by atoms with Crippen molar-refractivity contribution in [1.82, 2.24) is 9.55 Å². The van der Waals surface area contributed by atoms with Gasteiger partial charge in [0.2, 0.25) is 0 Å². The second kappa shape index (κ2) is 18.1. The summed E-state index contributed by atoms with van der Waals surface area (Å²) in [6.07, 6.45) is -12.8. The third-order valence-electron chi connectivity index (χ3n) is 4.54. The maximum absolute atomic E-state index is 11.4. The summed E-state index contributed by atoms with van der Waals surface area (Å²) in [5.74, 6) is 0. The number of hydrogen-bond donors (Lipinski definition) is 11. The van der Waals surface area contributed by atoms with Crippen LogP contribution in [0.25, 0.3) is 0 Å². The summed E-state index contributed by atoms with van der Waals surface area (Å²) >= 11 is 0. The number of phosphoric ester groups is 2. The Hall–Kier alpha value is 0.290. The van der Waals surface area contributed by atoms with Crippen LogP contribution >= 0.6 is 15.6 Å². The Balaban J connectivity index is 0. The molecule has 218 valence electrons. The van der Waals surface area contributed by atoms with E-state index in [1.807, 2.05) is 4.98 Å². The van der Waals surface area contributed by atoms with Gasteiger partial charge in [0.25, 0.3) is 5.56 Å². The minimum atomic E-state index is -5.30. The second-order valence-corrected chi connectivity index (χ2v) is 9.63. The van der Waals surface area contributed by atoms with Gasteiger partial charge in [-0.05, 0) is 0 Å². The van der Waals surface area contributed by atoms with Crippen LogP contribution in [-0.4, -0.2) is 181 Å². The monoisotopic (exact) mass is 632 g/mol. The van der Waals surface area contributed by atoms with Gasteiger partial charge in [-0.25, -0.2) is 13.9 Å². The van der Waals surface area contributed by atoms with Crippen molar-refractivity contribution in [3.05, 3.63) is 33.1 Å². The van der Waals surface area contributed by atoms with E-state index < -0.39 is 89.1 Å². The molecule has 0 radical (unpaired) electrons. The summed E-state index contributed by atoms with van der Waals surface area (Å²) in [5.41, 5.74) is -1.33. The Labute approximate surface area is 262 Å². The Bertz CT molecular complexity index is 1090. The first-order valence-corrected chi connectivity index (χ1v) is 12.9. The van der Waals surface area contributed by atoms with Crippen LogP contribution in [0.1, 0.15) is 6.23 Å². The summed E-state index contributed by atoms with van der Waals surface area (Å²) in [4.78, 5) is 69.2. The fourth-order valence-electron chi connectivity index (χ4n) is 2.86. The Morgan fingerprint density at radius 1 is 1.03 bits per heavy atom. The number of phosphoric acid groups is 2. The van der Waals surface area contributed by atoms with Crippen molar-refractivity contribution < 1.29 is 77.9 Å². The molecule has 0 aromatic carbocycles. The van der Waals surface area contributed by atoms with Gasteiger partial charge in [-0.15, -0.1) is 0 Å². The molecule has 11 N–H and O–H groups in total. The molecule has 1 aromatic rings. The molecule has 0 unspecified atom stereocenters. The number of carbonyl (C=O) groups excluding carboxylic acids is 1. The topological polar surface area (TPSA) is 336 Å². The predicted molar refractivity (Wildman–Crippen MR) is 128 cm³/mol. The van der Waals surface area contributed by atoms with E-state index in [2.05, 4.69) is 9.05 Å². The van der Waals surface area contributed by atoms with Gasteiger partial charge in [-0.3, -0.25) is 23.4 Å². The average Bonchev–Trinajstić information content (AvgIpc) is 3.07. The quantitative estimate of drug-likeness (QED) is 0.0613. The number of aliphatic hydroxyl groups excluding tert-OH is 6. The zero-order chi connectivity index (χ0) is 28.7. The van der Waals surface area contributed by atoms with Gasteiger partial charge in [0.05, 0.1) is 13.2 Å². The number of aldehydes is 1.